The van der Waals surface area contributed by atoms with E-state index in [1.807, 2.05) is 31.2 Å². The average Bonchev–Trinajstić information content (AvgIpc) is 3.08. The molecule has 0 radical (unpaired) electrons. The third kappa shape index (κ3) is 4.03. The Morgan fingerprint density at radius 1 is 0.964 bits per heavy atom. The van der Waals surface area contributed by atoms with Crippen LogP contribution in [0.3, 0.4) is 0 Å². The molecule has 7 nitrogen and oxygen atoms in total. The molecule has 1 fully saturated rings. The Hall–Kier alpha value is -3.22. The number of anilines is 3. The number of nitrogens with zero attached hydrogens (tertiary/aromatic N) is 1. The van der Waals surface area contributed by atoms with Gasteiger partial charge < -0.3 is 25.5 Å². The van der Waals surface area contributed by atoms with E-state index in [4.69, 9.17) is 0 Å². The normalized spacial score (nSPS) is 15.4. The van der Waals surface area contributed by atoms with Gasteiger partial charge in [-0.2, -0.15) is 0 Å². The van der Waals surface area contributed by atoms with E-state index < -0.39 is 6.04 Å². The van der Waals surface area contributed by atoms with Crippen molar-refractivity contribution in [3.63, 3.8) is 0 Å². The van der Waals surface area contributed by atoms with E-state index in [1.165, 1.54) is 24.9 Å². The monoisotopic (exact) mass is 379 g/mol. The topological polar surface area (TPSA) is 93.0 Å². The highest BCUT2D eigenvalue weighted by atomic mass is 16.2. The molecular formula is C21H25N5O2. The van der Waals surface area contributed by atoms with Crippen molar-refractivity contribution in [2.75, 3.05) is 28.6 Å². The molecule has 2 aromatic carbocycles. The molecule has 1 saturated heterocycles. The van der Waals surface area contributed by atoms with E-state index in [2.05, 4.69) is 37.6 Å². The van der Waals surface area contributed by atoms with Crippen LogP contribution in [0.2, 0.25) is 0 Å². The summed E-state index contributed by atoms with van der Waals surface area (Å²) in [7, 11) is 0. The maximum absolute atomic E-state index is 12.5. The van der Waals surface area contributed by atoms with Crippen molar-refractivity contribution in [3.8, 4) is 0 Å². The van der Waals surface area contributed by atoms with Crippen LogP contribution in [0.1, 0.15) is 26.2 Å². The molecule has 7 heteroatoms. The Morgan fingerprint density at radius 2 is 1.64 bits per heavy atom. The van der Waals surface area contributed by atoms with Crippen LogP contribution < -0.4 is 21.2 Å². The molecule has 0 saturated carbocycles. The maximum Gasteiger partial charge on any atom is 0.323 e. The highest BCUT2D eigenvalue weighted by Gasteiger charge is 2.14. The molecule has 1 amide bonds. The first kappa shape index (κ1) is 18.2. The summed E-state index contributed by atoms with van der Waals surface area (Å²) in [6, 6.07) is 13.1. The fourth-order valence-electron chi connectivity index (χ4n) is 3.60. The van der Waals surface area contributed by atoms with Gasteiger partial charge in [-0.05, 0) is 68.7 Å². The van der Waals surface area contributed by atoms with Crippen molar-refractivity contribution in [1.29, 1.82) is 0 Å². The molecule has 1 aromatic heterocycles. The first-order valence-electron chi connectivity index (χ1n) is 9.73. The van der Waals surface area contributed by atoms with Gasteiger partial charge >= 0.3 is 5.69 Å². The molecule has 0 bridgehead atoms. The van der Waals surface area contributed by atoms with Gasteiger partial charge in [0.1, 0.15) is 6.04 Å². The molecule has 28 heavy (non-hydrogen) atoms. The number of carbonyl (C=O) groups excluding carboxylic acids is 1. The second kappa shape index (κ2) is 7.80. The predicted molar refractivity (Wildman–Crippen MR) is 113 cm³/mol. The standard InChI is InChI=1S/C21H25N5O2/c1-14(22-16-7-10-18-19(13-16)25-21(28)24-18)20(27)23-15-5-8-17(9-6-15)26-11-3-2-4-12-26/h5-10,13-14,22H,2-4,11-12H2,1H3,(H,23,27)(H2,24,25,28). The lowest BCUT2D eigenvalue weighted by atomic mass is 10.1. The van der Waals surface area contributed by atoms with Crippen molar-refractivity contribution in [2.45, 2.75) is 32.2 Å². The van der Waals surface area contributed by atoms with E-state index in [0.29, 0.717) is 5.52 Å². The molecule has 1 atom stereocenters. The first-order valence-corrected chi connectivity index (χ1v) is 9.73. The summed E-state index contributed by atoms with van der Waals surface area (Å²) < 4.78 is 0. The molecule has 0 spiro atoms. The number of benzene rings is 2. The number of aromatic amines is 2. The van der Waals surface area contributed by atoms with Crippen LogP contribution in [0.4, 0.5) is 17.1 Å². The van der Waals surface area contributed by atoms with E-state index in [9.17, 15) is 9.59 Å². The zero-order chi connectivity index (χ0) is 19.5. The molecule has 1 aliphatic heterocycles. The van der Waals surface area contributed by atoms with Crippen LogP contribution in [0.25, 0.3) is 11.0 Å². The minimum atomic E-state index is -0.426. The van der Waals surface area contributed by atoms with Gasteiger partial charge in [0.05, 0.1) is 11.0 Å². The fourth-order valence-corrected chi connectivity index (χ4v) is 3.60. The van der Waals surface area contributed by atoms with Crippen LogP contribution >= 0.6 is 0 Å². The summed E-state index contributed by atoms with van der Waals surface area (Å²) in [4.78, 5) is 31.7. The van der Waals surface area contributed by atoms with Gasteiger partial charge in [-0.15, -0.1) is 0 Å². The number of aromatic nitrogens is 2. The van der Waals surface area contributed by atoms with E-state index in [1.54, 1.807) is 6.07 Å². The van der Waals surface area contributed by atoms with Crippen molar-refractivity contribution < 1.29 is 4.79 Å². The molecule has 2 heterocycles. The summed E-state index contributed by atoms with van der Waals surface area (Å²) in [5.41, 5.74) is 3.96. The Kier molecular flexibility index (Phi) is 5.06. The third-order valence-corrected chi connectivity index (χ3v) is 5.15. The quantitative estimate of drug-likeness (QED) is 0.547. The van der Waals surface area contributed by atoms with E-state index >= 15 is 0 Å². The van der Waals surface area contributed by atoms with Crippen molar-refractivity contribution in [3.05, 3.63) is 52.9 Å². The molecule has 4 rings (SSSR count). The lowest BCUT2D eigenvalue weighted by Crippen LogP contribution is -2.32. The van der Waals surface area contributed by atoms with Gasteiger partial charge in [0, 0.05) is 30.2 Å². The number of amides is 1. The Balaban J connectivity index is 1.37. The summed E-state index contributed by atoms with van der Waals surface area (Å²) in [5.74, 6) is -0.117. The number of hydrogen-bond acceptors (Lipinski definition) is 4. The average molecular weight is 379 g/mol. The molecule has 146 valence electrons. The zero-order valence-corrected chi connectivity index (χ0v) is 15.9. The summed E-state index contributed by atoms with van der Waals surface area (Å²) in [6.07, 6.45) is 3.79. The Bertz CT molecular complexity index is 1020. The van der Waals surface area contributed by atoms with Crippen molar-refractivity contribution in [1.82, 2.24) is 9.97 Å². The van der Waals surface area contributed by atoms with Crippen LogP contribution in [0.5, 0.6) is 0 Å². The number of nitrogens with one attached hydrogen (secondary N) is 4. The molecule has 1 aliphatic rings. The number of piperidine rings is 1. The fraction of sp³-hybridized carbons (Fsp3) is 0.333. The Morgan fingerprint density at radius 3 is 2.39 bits per heavy atom. The maximum atomic E-state index is 12.5. The van der Waals surface area contributed by atoms with Crippen molar-refractivity contribution >= 4 is 34.0 Å². The second-order valence-electron chi connectivity index (χ2n) is 7.29. The van der Waals surface area contributed by atoms with Gasteiger partial charge in [0.2, 0.25) is 5.91 Å². The van der Waals surface area contributed by atoms with Gasteiger partial charge in [-0.1, -0.05) is 0 Å². The number of H-pyrrole nitrogens is 2. The first-order chi connectivity index (χ1) is 13.6. The van der Waals surface area contributed by atoms with E-state index in [-0.39, 0.29) is 11.6 Å². The molecule has 3 aromatic rings. The lowest BCUT2D eigenvalue weighted by molar-refractivity contribution is -0.116. The molecule has 4 N–H and O–H groups in total. The number of hydrogen-bond donors (Lipinski definition) is 4. The third-order valence-electron chi connectivity index (χ3n) is 5.15. The van der Waals surface area contributed by atoms with Gasteiger partial charge in [-0.25, -0.2) is 4.79 Å². The van der Waals surface area contributed by atoms with Gasteiger partial charge in [0.15, 0.2) is 0 Å². The summed E-state index contributed by atoms with van der Waals surface area (Å²) in [6.45, 7) is 4.01. The van der Waals surface area contributed by atoms with Crippen LogP contribution in [0, 0.1) is 0 Å². The van der Waals surface area contributed by atoms with E-state index in [0.717, 1.165) is 30.0 Å². The molecular weight excluding hydrogens is 354 g/mol. The smallest absolute Gasteiger partial charge is 0.323 e. The highest BCUT2D eigenvalue weighted by molar-refractivity contribution is 5.96. The van der Waals surface area contributed by atoms with Gasteiger partial charge in [0.25, 0.3) is 0 Å². The predicted octanol–water partition coefficient (Wildman–Crippen LogP) is 3.29. The number of imidazole rings is 1. The minimum Gasteiger partial charge on any atom is -0.374 e. The van der Waals surface area contributed by atoms with Crippen LogP contribution in [0.15, 0.2) is 47.3 Å². The number of fused-ring (bicyclic) bond motifs is 1. The van der Waals surface area contributed by atoms with Crippen molar-refractivity contribution in [2.24, 2.45) is 0 Å². The van der Waals surface area contributed by atoms with Crippen LogP contribution in [-0.2, 0) is 4.79 Å². The van der Waals surface area contributed by atoms with Crippen LogP contribution in [-0.4, -0.2) is 35.0 Å². The number of rotatable bonds is 5. The molecule has 1 unspecified atom stereocenters. The largest absolute Gasteiger partial charge is 0.374 e. The molecule has 0 aliphatic carbocycles. The highest BCUT2D eigenvalue weighted by Crippen LogP contribution is 2.22. The zero-order valence-electron chi connectivity index (χ0n) is 15.9. The minimum absolute atomic E-state index is 0.117. The SMILES string of the molecule is CC(Nc1ccc2[nH]c(=O)[nH]c2c1)C(=O)Nc1ccc(N2CCCCC2)cc1. The number of carbonyl (C=O) groups is 1. The summed E-state index contributed by atoms with van der Waals surface area (Å²) in [5, 5.41) is 6.12. The lowest BCUT2D eigenvalue weighted by Gasteiger charge is -2.28. The summed E-state index contributed by atoms with van der Waals surface area (Å²) >= 11 is 0. The second-order valence-corrected chi connectivity index (χ2v) is 7.29. The Labute approximate surface area is 163 Å². The van der Waals surface area contributed by atoms with Gasteiger partial charge in [-0.3, -0.25) is 4.79 Å².